The molecule has 2 aromatic rings. The number of phenols is 1. The SMILES string of the molecule is Nc1ccc(-n2nccn2)c(O)c1. The molecule has 0 unspecified atom stereocenters. The van der Waals surface area contributed by atoms with Crippen LogP contribution >= 0.6 is 0 Å². The van der Waals surface area contributed by atoms with Crippen molar-refractivity contribution in [3.63, 3.8) is 0 Å². The molecule has 0 aliphatic heterocycles. The van der Waals surface area contributed by atoms with Crippen molar-refractivity contribution in [1.29, 1.82) is 0 Å². The van der Waals surface area contributed by atoms with E-state index in [1.807, 2.05) is 0 Å². The average Bonchev–Trinajstić information content (AvgIpc) is 2.56. The fourth-order valence-corrected chi connectivity index (χ4v) is 1.05. The number of aromatic nitrogens is 3. The van der Waals surface area contributed by atoms with Crippen LogP contribution in [-0.4, -0.2) is 20.1 Å². The molecule has 13 heavy (non-hydrogen) atoms. The van der Waals surface area contributed by atoms with Crippen molar-refractivity contribution in [3.05, 3.63) is 30.6 Å². The van der Waals surface area contributed by atoms with E-state index >= 15 is 0 Å². The lowest BCUT2D eigenvalue weighted by Gasteiger charge is -2.02. The molecule has 0 bridgehead atoms. The third-order valence-corrected chi connectivity index (χ3v) is 1.63. The summed E-state index contributed by atoms with van der Waals surface area (Å²) < 4.78 is 0. The smallest absolute Gasteiger partial charge is 0.145 e. The number of aromatic hydroxyl groups is 1. The number of rotatable bonds is 1. The van der Waals surface area contributed by atoms with Gasteiger partial charge in [0.1, 0.15) is 11.4 Å². The molecular formula is C8H8N4O. The highest BCUT2D eigenvalue weighted by molar-refractivity contribution is 5.54. The van der Waals surface area contributed by atoms with E-state index in [0.29, 0.717) is 11.4 Å². The molecular weight excluding hydrogens is 168 g/mol. The molecule has 0 amide bonds. The first-order valence-electron chi connectivity index (χ1n) is 3.72. The van der Waals surface area contributed by atoms with Crippen molar-refractivity contribution in [1.82, 2.24) is 15.0 Å². The lowest BCUT2D eigenvalue weighted by molar-refractivity contribution is 0.468. The maximum absolute atomic E-state index is 9.48. The van der Waals surface area contributed by atoms with Crippen LogP contribution in [0, 0.1) is 0 Å². The fraction of sp³-hybridized carbons (Fsp3) is 0. The van der Waals surface area contributed by atoms with Gasteiger partial charge in [0.2, 0.25) is 0 Å². The van der Waals surface area contributed by atoms with E-state index < -0.39 is 0 Å². The van der Waals surface area contributed by atoms with Gasteiger partial charge in [-0.15, -0.1) is 4.80 Å². The van der Waals surface area contributed by atoms with Gasteiger partial charge >= 0.3 is 0 Å². The van der Waals surface area contributed by atoms with E-state index in [1.165, 1.54) is 23.3 Å². The number of hydrogen-bond acceptors (Lipinski definition) is 4. The van der Waals surface area contributed by atoms with E-state index in [1.54, 1.807) is 12.1 Å². The molecule has 1 aromatic heterocycles. The predicted octanol–water partition coefficient (Wildman–Crippen LogP) is 0.555. The second-order valence-corrected chi connectivity index (χ2v) is 2.57. The minimum Gasteiger partial charge on any atom is -0.506 e. The number of nitrogens with two attached hydrogens (primary N) is 1. The van der Waals surface area contributed by atoms with Gasteiger partial charge in [0.05, 0.1) is 12.4 Å². The highest BCUT2D eigenvalue weighted by Crippen LogP contribution is 2.22. The van der Waals surface area contributed by atoms with Gasteiger partial charge in [-0.25, -0.2) is 0 Å². The van der Waals surface area contributed by atoms with Crippen LogP contribution in [-0.2, 0) is 0 Å². The van der Waals surface area contributed by atoms with Gasteiger partial charge < -0.3 is 10.8 Å². The monoisotopic (exact) mass is 176 g/mol. The Morgan fingerprint density at radius 2 is 1.92 bits per heavy atom. The standard InChI is InChI=1S/C8H8N4O/c9-6-1-2-7(8(13)5-6)12-10-3-4-11-12/h1-5,13H,9H2. The first-order valence-corrected chi connectivity index (χ1v) is 3.72. The Bertz CT molecular complexity index is 410. The topological polar surface area (TPSA) is 77.0 Å². The van der Waals surface area contributed by atoms with Crippen LogP contribution in [0.1, 0.15) is 0 Å². The number of anilines is 1. The summed E-state index contributed by atoms with van der Waals surface area (Å²) in [5, 5.41) is 17.2. The van der Waals surface area contributed by atoms with Crippen molar-refractivity contribution in [2.75, 3.05) is 5.73 Å². The van der Waals surface area contributed by atoms with Gasteiger partial charge in [-0.3, -0.25) is 0 Å². The lowest BCUT2D eigenvalue weighted by Crippen LogP contribution is -1.99. The maximum Gasteiger partial charge on any atom is 0.145 e. The fourth-order valence-electron chi connectivity index (χ4n) is 1.05. The Morgan fingerprint density at radius 3 is 2.54 bits per heavy atom. The zero-order chi connectivity index (χ0) is 9.26. The Labute approximate surface area is 74.4 Å². The minimum atomic E-state index is 0.0659. The molecule has 0 aliphatic rings. The van der Waals surface area contributed by atoms with Crippen molar-refractivity contribution < 1.29 is 5.11 Å². The quantitative estimate of drug-likeness (QED) is 0.622. The molecule has 0 saturated heterocycles. The number of benzene rings is 1. The van der Waals surface area contributed by atoms with E-state index in [9.17, 15) is 5.11 Å². The highest BCUT2D eigenvalue weighted by atomic mass is 16.3. The average molecular weight is 176 g/mol. The van der Waals surface area contributed by atoms with Crippen molar-refractivity contribution >= 4 is 5.69 Å². The molecule has 0 fully saturated rings. The van der Waals surface area contributed by atoms with E-state index in [4.69, 9.17) is 5.73 Å². The zero-order valence-electron chi connectivity index (χ0n) is 6.75. The summed E-state index contributed by atoms with van der Waals surface area (Å²) in [6.07, 6.45) is 3.07. The Balaban J connectivity index is 2.53. The molecule has 5 heteroatoms. The second kappa shape index (κ2) is 2.78. The number of nitrogen functional groups attached to an aromatic ring is 1. The Morgan fingerprint density at radius 1 is 1.23 bits per heavy atom. The highest BCUT2D eigenvalue weighted by Gasteiger charge is 2.03. The van der Waals surface area contributed by atoms with E-state index in [-0.39, 0.29) is 5.75 Å². The van der Waals surface area contributed by atoms with Gasteiger partial charge in [-0.2, -0.15) is 10.2 Å². The van der Waals surface area contributed by atoms with Crippen LogP contribution in [0.3, 0.4) is 0 Å². The summed E-state index contributed by atoms with van der Waals surface area (Å²) in [6, 6.07) is 4.79. The molecule has 5 nitrogen and oxygen atoms in total. The number of hydrogen-bond donors (Lipinski definition) is 2. The van der Waals surface area contributed by atoms with Crippen LogP contribution < -0.4 is 5.73 Å². The first-order chi connectivity index (χ1) is 6.27. The molecule has 3 N–H and O–H groups in total. The number of nitrogens with zero attached hydrogens (tertiary/aromatic N) is 3. The van der Waals surface area contributed by atoms with Crippen LogP contribution in [0.2, 0.25) is 0 Å². The molecule has 0 saturated carbocycles. The third kappa shape index (κ3) is 1.31. The van der Waals surface area contributed by atoms with Crippen LogP contribution in [0.15, 0.2) is 30.6 Å². The largest absolute Gasteiger partial charge is 0.506 e. The summed E-state index contributed by atoms with van der Waals surface area (Å²) >= 11 is 0. The van der Waals surface area contributed by atoms with E-state index in [0.717, 1.165) is 0 Å². The molecule has 1 aromatic carbocycles. The lowest BCUT2D eigenvalue weighted by atomic mass is 10.2. The number of phenolic OH excluding ortho intramolecular Hbond substituents is 1. The first kappa shape index (κ1) is 7.60. The van der Waals surface area contributed by atoms with Crippen molar-refractivity contribution in [3.8, 4) is 11.4 Å². The summed E-state index contributed by atoms with van der Waals surface area (Å²) in [4.78, 5) is 1.33. The van der Waals surface area contributed by atoms with Gasteiger partial charge in [0.15, 0.2) is 0 Å². The molecule has 0 radical (unpaired) electrons. The predicted molar refractivity (Wildman–Crippen MR) is 47.4 cm³/mol. The summed E-state index contributed by atoms with van der Waals surface area (Å²) in [7, 11) is 0. The molecule has 0 atom stereocenters. The van der Waals surface area contributed by atoms with Gasteiger partial charge in [-0.05, 0) is 12.1 Å². The molecule has 2 rings (SSSR count). The van der Waals surface area contributed by atoms with Crippen molar-refractivity contribution in [2.45, 2.75) is 0 Å². The van der Waals surface area contributed by atoms with Crippen LogP contribution in [0.25, 0.3) is 5.69 Å². The molecule has 66 valence electrons. The summed E-state index contributed by atoms with van der Waals surface area (Å²) in [6.45, 7) is 0. The Hall–Kier alpha value is -2.04. The third-order valence-electron chi connectivity index (χ3n) is 1.63. The second-order valence-electron chi connectivity index (χ2n) is 2.57. The minimum absolute atomic E-state index is 0.0659. The summed E-state index contributed by atoms with van der Waals surface area (Å²) in [5.74, 6) is 0.0659. The van der Waals surface area contributed by atoms with Crippen LogP contribution in [0.5, 0.6) is 5.75 Å². The Kier molecular flexibility index (Phi) is 1.63. The molecule has 1 heterocycles. The van der Waals surface area contributed by atoms with Gasteiger partial charge in [0, 0.05) is 11.8 Å². The van der Waals surface area contributed by atoms with Crippen molar-refractivity contribution in [2.24, 2.45) is 0 Å². The molecule has 0 aliphatic carbocycles. The van der Waals surface area contributed by atoms with Gasteiger partial charge in [-0.1, -0.05) is 0 Å². The molecule has 0 spiro atoms. The van der Waals surface area contributed by atoms with Crippen LogP contribution in [0.4, 0.5) is 5.69 Å². The zero-order valence-corrected chi connectivity index (χ0v) is 6.75. The van der Waals surface area contributed by atoms with E-state index in [2.05, 4.69) is 10.2 Å². The van der Waals surface area contributed by atoms with Gasteiger partial charge in [0.25, 0.3) is 0 Å². The summed E-state index contributed by atoms with van der Waals surface area (Å²) in [5.41, 5.74) is 6.49. The maximum atomic E-state index is 9.48. The normalized spacial score (nSPS) is 10.2.